The zero-order valence-electron chi connectivity index (χ0n) is 17.5. The fourth-order valence-corrected chi connectivity index (χ4v) is 3.85. The largest absolute Gasteiger partial charge is 0.473 e. The SMILES string of the molecule is Cc1noc(CSc2ccccc2C(=O)NCc2ccnc(OCc3ccccc3)c2)n1. The zero-order valence-corrected chi connectivity index (χ0v) is 18.3. The van der Waals surface area contributed by atoms with E-state index < -0.39 is 0 Å². The second-order valence-electron chi connectivity index (χ2n) is 6.98. The van der Waals surface area contributed by atoms with Crippen LogP contribution in [0.5, 0.6) is 5.88 Å². The van der Waals surface area contributed by atoms with E-state index in [0.29, 0.717) is 42.1 Å². The summed E-state index contributed by atoms with van der Waals surface area (Å²) >= 11 is 1.48. The standard InChI is InChI=1S/C24H22N4O3S/c1-17-27-23(31-28-17)16-32-21-10-6-5-9-20(21)24(29)26-14-19-11-12-25-22(13-19)30-15-18-7-3-2-4-8-18/h2-13H,14-16H2,1H3,(H,26,29). The number of nitrogens with zero attached hydrogens (tertiary/aromatic N) is 3. The lowest BCUT2D eigenvalue weighted by molar-refractivity contribution is 0.0948. The summed E-state index contributed by atoms with van der Waals surface area (Å²) in [6.07, 6.45) is 1.68. The van der Waals surface area contributed by atoms with Crippen molar-refractivity contribution >= 4 is 17.7 Å². The summed E-state index contributed by atoms with van der Waals surface area (Å²) in [5, 5.41) is 6.76. The first-order valence-corrected chi connectivity index (χ1v) is 11.1. The van der Waals surface area contributed by atoms with E-state index in [9.17, 15) is 4.79 Å². The Balaban J connectivity index is 1.34. The number of thioether (sulfide) groups is 1. The maximum absolute atomic E-state index is 12.8. The number of carbonyl (C=O) groups is 1. The minimum absolute atomic E-state index is 0.154. The predicted molar refractivity (Wildman–Crippen MR) is 121 cm³/mol. The number of benzene rings is 2. The lowest BCUT2D eigenvalue weighted by Gasteiger charge is -2.10. The number of ether oxygens (including phenoxy) is 1. The van der Waals surface area contributed by atoms with Gasteiger partial charge in [-0.05, 0) is 36.2 Å². The van der Waals surface area contributed by atoms with Gasteiger partial charge in [-0.1, -0.05) is 47.6 Å². The molecule has 2 heterocycles. The molecule has 32 heavy (non-hydrogen) atoms. The normalized spacial score (nSPS) is 10.7. The number of pyridine rings is 1. The Hall–Kier alpha value is -3.65. The Kier molecular flexibility index (Phi) is 7.14. The number of aromatic nitrogens is 3. The van der Waals surface area contributed by atoms with Gasteiger partial charge in [0.15, 0.2) is 5.82 Å². The molecule has 8 heteroatoms. The van der Waals surface area contributed by atoms with Crippen LogP contribution in [0, 0.1) is 6.92 Å². The third-order valence-electron chi connectivity index (χ3n) is 4.53. The quantitative estimate of drug-likeness (QED) is 0.377. The maximum Gasteiger partial charge on any atom is 0.252 e. The van der Waals surface area contributed by atoms with Gasteiger partial charge in [-0.15, -0.1) is 11.8 Å². The number of amides is 1. The molecule has 0 saturated heterocycles. The van der Waals surface area contributed by atoms with Crippen molar-refractivity contribution in [2.45, 2.75) is 30.7 Å². The number of carbonyl (C=O) groups excluding carboxylic acids is 1. The van der Waals surface area contributed by atoms with Crippen LogP contribution in [0.25, 0.3) is 0 Å². The van der Waals surface area contributed by atoms with Crippen LogP contribution >= 0.6 is 11.8 Å². The first-order chi connectivity index (χ1) is 15.7. The van der Waals surface area contributed by atoms with E-state index in [1.807, 2.05) is 60.7 Å². The molecule has 1 amide bonds. The molecule has 0 fully saturated rings. The summed E-state index contributed by atoms with van der Waals surface area (Å²) in [4.78, 5) is 22.1. The lowest BCUT2D eigenvalue weighted by Crippen LogP contribution is -2.23. The van der Waals surface area contributed by atoms with E-state index in [2.05, 4.69) is 20.4 Å². The van der Waals surface area contributed by atoms with Gasteiger partial charge in [-0.3, -0.25) is 4.79 Å². The third kappa shape index (κ3) is 5.95. The Morgan fingerprint density at radius 3 is 2.69 bits per heavy atom. The molecule has 0 saturated carbocycles. The molecule has 0 aliphatic heterocycles. The molecule has 1 N–H and O–H groups in total. The Morgan fingerprint density at radius 1 is 1.06 bits per heavy atom. The van der Waals surface area contributed by atoms with Crippen molar-refractivity contribution in [2.24, 2.45) is 0 Å². The molecule has 2 aromatic carbocycles. The van der Waals surface area contributed by atoms with Gasteiger partial charge in [0, 0.05) is 23.7 Å². The van der Waals surface area contributed by atoms with Crippen LogP contribution in [-0.2, 0) is 18.9 Å². The van der Waals surface area contributed by atoms with Crippen LogP contribution in [0.15, 0.2) is 82.3 Å². The Labute approximate surface area is 190 Å². The highest BCUT2D eigenvalue weighted by atomic mass is 32.2. The van der Waals surface area contributed by atoms with Crippen LogP contribution in [0.3, 0.4) is 0 Å². The molecule has 0 spiro atoms. The maximum atomic E-state index is 12.8. The molecule has 4 aromatic rings. The molecule has 0 aliphatic carbocycles. The van der Waals surface area contributed by atoms with Crippen LogP contribution < -0.4 is 10.1 Å². The first-order valence-electron chi connectivity index (χ1n) is 10.1. The second kappa shape index (κ2) is 10.6. The molecular weight excluding hydrogens is 424 g/mol. The molecule has 0 bridgehead atoms. The molecule has 162 valence electrons. The molecule has 2 aromatic heterocycles. The molecule has 7 nitrogen and oxygen atoms in total. The van der Waals surface area contributed by atoms with Gasteiger partial charge in [0.2, 0.25) is 11.8 Å². The minimum Gasteiger partial charge on any atom is -0.473 e. The fourth-order valence-electron chi connectivity index (χ4n) is 2.97. The molecule has 0 radical (unpaired) electrons. The van der Waals surface area contributed by atoms with Crippen molar-refractivity contribution in [2.75, 3.05) is 0 Å². The summed E-state index contributed by atoms with van der Waals surface area (Å²) in [7, 11) is 0. The first kappa shape index (κ1) is 21.6. The van der Waals surface area contributed by atoms with Crippen molar-refractivity contribution < 1.29 is 14.1 Å². The average molecular weight is 447 g/mol. The van der Waals surface area contributed by atoms with Crippen LogP contribution in [0.4, 0.5) is 0 Å². The van der Waals surface area contributed by atoms with E-state index in [0.717, 1.165) is 16.0 Å². The van der Waals surface area contributed by atoms with E-state index in [-0.39, 0.29) is 5.91 Å². The van der Waals surface area contributed by atoms with Crippen molar-refractivity contribution in [3.05, 3.63) is 101 Å². The van der Waals surface area contributed by atoms with Gasteiger partial charge < -0.3 is 14.6 Å². The van der Waals surface area contributed by atoms with E-state index in [4.69, 9.17) is 9.26 Å². The van der Waals surface area contributed by atoms with Gasteiger partial charge in [0.25, 0.3) is 5.91 Å². The van der Waals surface area contributed by atoms with Crippen molar-refractivity contribution in [3.63, 3.8) is 0 Å². The van der Waals surface area contributed by atoms with Crippen molar-refractivity contribution in [1.29, 1.82) is 0 Å². The Morgan fingerprint density at radius 2 is 1.88 bits per heavy atom. The zero-order chi connectivity index (χ0) is 22.2. The fraction of sp³-hybridized carbons (Fsp3) is 0.167. The average Bonchev–Trinajstić information content (AvgIpc) is 3.26. The summed E-state index contributed by atoms with van der Waals surface area (Å²) in [5.74, 6) is 1.99. The van der Waals surface area contributed by atoms with Gasteiger partial charge in [-0.25, -0.2) is 4.98 Å². The molecule has 4 rings (SSSR count). The predicted octanol–water partition coefficient (Wildman–Crippen LogP) is 4.57. The van der Waals surface area contributed by atoms with E-state index in [1.165, 1.54) is 11.8 Å². The lowest BCUT2D eigenvalue weighted by atomic mass is 10.2. The number of aryl methyl sites for hydroxylation is 1. The molecule has 0 unspecified atom stereocenters. The summed E-state index contributed by atoms with van der Waals surface area (Å²) in [5.41, 5.74) is 2.57. The number of rotatable bonds is 9. The highest BCUT2D eigenvalue weighted by Gasteiger charge is 2.13. The van der Waals surface area contributed by atoms with Crippen molar-refractivity contribution in [3.8, 4) is 5.88 Å². The van der Waals surface area contributed by atoms with E-state index >= 15 is 0 Å². The molecule has 0 atom stereocenters. The topological polar surface area (TPSA) is 90.1 Å². The smallest absolute Gasteiger partial charge is 0.252 e. The highest BCUT2D eigenvalue weighted by molar-refractivity contribution is 7.98. The van der Waals surface area contributed by atoms with Crippen LogP contribution in [-0.4, -0.2) is 21.0 Å². The van der Waals surface area contributed by atoms with Gasteiger partial charge in [0.05, 0.1) is 11.3 Å². The monoisotopic (exact) mass is 446 g/mol. The summed E-state index contributed by atoms with van der Waals surface area (Å²) in [6.45, 7) is 2.58. The van der Waals surface area contributed by atoms with Gasteiger partial charge >= 0.3 is 0 Å². The number of hydrogen-bond donors (Lipinski definition) is 1. The Bertz CT molecular complexity index is 1180. The minimum atomic E-state index is -0.154. The van der Waals surface area contributed by atoms with Gasteiger partial charge in [0.1, 0.15) is 6.61 Å². The van der Waals surface area contributed by atoms with E-state index in [1.54, 1.807) is 19.2 Å². The number of hydrogen-bond acceptors (Lipinski definition) is 7. The second-order valence-corrected chi connectivity index (χ2v) is 8.00. The van der Waals surface area contributed by atoms with Crippen LogP contribution in [0.2, 0.25) is 0 Å². The summed E-state index contributed by atoms with van der Waals surface area (Å²) in [6, 6.07) is 21.0. The number of nitrogens with one attached hydrogen (secondary N) is 1. The summed E-state index contributed by atoms with van der Waals surface area (Å²) < 4.78 is 10.9. The van der Waals surface area contributed by atoms with Crippen molar-refractivity contribution in [1.82, 2.24) is 20.4 Å². The molecular formula is C24H22N4O3S. The molecule has 0 aliphatic rings. The van der Waals surface area contributed by atoms with Gasteiger partial charge in [-0.2, -0.15) is 4.98 Å². The van der Waals surface area contributed by atoms with Crippen LogP contribution in [0.1, 0.15) is 33.2 Å². The third-order valence-corrected chi connectivity index (χ3v) is 5.59. The highest BCUT2D eigenvalue weighted by Crippen LogP contribution is 2.26.